The fourth-order valence-electron chi connectivity index (χ4n) is 1.05. The van der Waals surface area contributed by atoms with Crippen molar-refractivity contribution in [1.29, 1.82) is 0 Å². The Kier molecular flexibility index (Phi) is 7.49. The van der Waals surface area contributed by atoms with Gasteiger partial charge in [0.15, 0.2) is 12.2 Å². The number of carbonyl (C=O) groups is 2. The van der Waals surface area contributed by atoms with Gasteiger partial charge in [-0.2, -0.15) is 0 Å². The normalized spacial score (nSPS) is 14.2. The van der Waals surface area contributed by atoms with Crippen molar-refractivity contribution in [1.82, 2.24) is 0 Å². The van der Waals surface area contributed by atoms with Crippen LogP contribution in [0.3, 0.4) is 0 Å². The number of ether oxygens (including phenoxy) is 1. The zero-order chi connectivity index (χ0) is 12.6. The van der Waals surface area contributed by atoms with Crippen LogP contribution in [0, 0.1) is 0 Å². The SMILES string of the molecule is CCCCCCOC(=O)[C@H](O)[C@@H](O)C(=O)O. The van der Waals surface area contributed by atoms with E-state index < -0.39 is 24.1 Å². The smallest absolute Gasteiger partial charge is 0.338 e. The number of carboxylic acids is 1. The van der Waals surface area contributed by atoms with Gasteiger partial charge in [-0.05, 0) is 6.42 Å². The van der Waals surface area contributed by atoms with Crippen LogP contribution in [0.25, 0.3) is 0 Å². The third-order valence-corrected chi connectivity index (χ3v) is 2.04. The van der Waals surface area contributed by atoms with E-state index in [1.807, 2.05) is 6.92 Å². The Labute approximate surface area is 93.8 Å². The minimum absolute atomic E-state index is 0.127. The molecule has 0 saturated carbocycles. The third-order valence-electron chi connectivity index (χ3n) is 2.04. The molecule has 16 heavy (non-hydrogen) atoms. The number of hydrogen-bond acceptors (Lipinski definition) is 5. The van der Waals surface area contributed by atoms with E-state index in [4.69, 9.17) is 15.3 Å². The Balaban J connectivity index is 3.75. The van der Waals surface area contributed by atoms with Crippen LogP contribution >= 0.6 is 0 Å². The summed E-state index contributed by atoms with van der Waals surface area (Å²) in [7, 11) is 0. The van der Waals surface area contributed by atoms with E-state index in [-0.39, 0.29) is 6.61 Å². The standard InChI is InChI=1S/C10H18O6/c1-2-3-4-5-6-16-10(15)8(12)7(11)9(13)14/h7-8,11-12H,2-6H2,1H3,(H,13,14)/t7-,8-/m1/s1. The molecule has 0 unspecified atom stereocenters. The van der Waals surface area contributed by atoms with Crippen molar-refractivity contribution in [3.05, 3.63) is 0 Å². The number of esters is 1. The Morgan fingerprint density at radius 2 is 1.75 bits per heavy atom. The topological polar surface area (TPSA) is 104 Å². The van der Waals surface area contributed by atoms with Gasteiger partial charge in [0, 0.05) is 0 Å². The summed E-state index contributed by atoms with van der Waals surface area (Å²) in [6.07, 6.45) is -0.519. The monoisotopic (exact) mass is 234 g/mol. The molecule has 0 aliphatic heterocycles. The first-order chi connectivity index (χ1) is 7.50. The number of aliphatic hydroxyl groups excluding tert-OH is 2. The summed E-state index contributed by atoms with van der Waals surface area (Å²) < 4.78 is 4.61. The number of aliphatic hydroxyl groups is 2. The second-order valence-electron chi connectivity index (χ2n) is 3.46. The van der Waals surface area contributed by atoms with Crippen LogP contribution in [-0.2, 0) is 14.3 Å². The van der Waals surface area contributed by atoms with Crippen LogP contribution in [0.15, 0.2) is 0 Å². The molecule has 0 rings (SSSR count). The highest BCUT2D eigenvalue weighted by atomic mass is 16.5. The number of rotatable bonds is 8. The van der Waals surface area contributed by atoms with Gasteiger partial charge in [-0.25, -0.2) is 9.59 Å². The molecular formula is C10H18O6. The van der Waals surface area contributed by atoms with Crippen molar-refractivity contribution in [2.45, 2.75) is 44.8 Å². The van der Waals surface area contributed by atoms with Crippen LogP contribution in [0.1, 0.15) is 32.6 Å². The van der Waals surface area contributed by atoms with Crippen molar-refractivity contribution < 1.29 is 29.6 Å². The van der Waals surface area contributed by atoms with Gasteiger partial charge in [0.1, 0.15) is 0 Å². The molecule has 0 saturated heterocycles. The second-order valence-corrected chi connectivity index (χ2v) is 3.46. The number of unbranched alkanes of at least 4 members (excludes halogenated alkanes) is 3. The predicted octanol–water partition coefficient (Wildman–Crippen LogP) is -0.0837. The average Bonchev–Trinajstić information content (AvgIpc) is 2.26. The maximum atomic E-state index is 11.0. The molecule has 2 atom stereocenters. The summed E-state index contributed by atoms with van der Waals surface area (Å²) in [5, 5.41) is 26.2. The molecule has 6 heteroatoms. The number of aliphatic carboxylic acids is 1. The molecule has 94 valence electrons. The van der Waals surface area contributed by atoms with Crippen molar-refractivity contribution >= 4 is 11.9 Å². The van der Waals surface area contributed by atoms with Gasteiger partial charge in [-0.15, -0.1) is 0 Å². The van der Waals surface area contributed by atoms with Crippen LogP contribution in [0.5, 0.6) is 0 Å². The Bertz CT molecular complexity index is 227. The lowest BCUT2D eigenvalue weighted by molar-refractivity contribution is -0.169. The maximum Gasteiger partial charge on any atom is 0.338 e. The van der Waals surface area contributed by atoms with Crippen molar-refractivity contribution in [2.75, 3.05) is 6.61 Å². The van der Waals surface area contributed by atoms with Crippen LogP contribution in [-0.4, -0.2) is 46.1 Å². The highest BCUT2D eigenvalue weighted by Gasteiger charge is 2.31. The second kappa shape index (κ2) is 8.06. The van der Waals surface area contributed by atoms with Crippen molar-refractivity contribution in [3.8, 4) is 0 Å². The molecule has 0 aliphatic carbocycles. The molecule has 0 fully saturated rings. The first kappa shape index (κ1) is 14.9. The summed E-state index contributed by atoms with van der Waals surface area (Å²) in [6.45, 7) is 2.17. The molecule has 0 spiro atoms. The van der Waals surface area contributed by atoms with Crippen LogP contribution in [0.4, 0.5) is 0 Å². The zero-order valence-electron chi connectivity index (χ0n) is 9.26. The van der Waals surface area contributed by atoms with E-state index >= 15 is 0 Å². The molecule has 0 aromatic carbocycles. The van der Waals surface area contributed by atoms with E-state index in [0.717, 1.165) is 19.3 Å². The Morgan fingerprint density at radius 1 is 1.12 bits per heavy atom. The minimum atomic E-state index is -2.14. The first-order valence-corrected chi connectivity index (χ1v) is 5.26. The van der Waals surface area contributed by atoms with Crippen molar-refractivity contribution in [2.24, 2.45) is 0 Å². The lowest BCUT2D eigenvalue weighted by Gasteiger charge is -2.12. The number of carboxylic acid groups (broad SMARTS) is 1. The summed E-state index contributed by atoms with van der Waals surface area (Å²) in [4.78, 5) is 21.3. The van der Waals surface area contributed by atoms with Gasteiger partial charge in [-0.3, -0.25) is 0 Å². The predicted molar refractivity (Wildman–Crippen MR) is 54.8 cm³/mol. The lowest BCUT2D eigenvalue weighted by atomic mass is 10.2. The molecule has 0 aromatic heterocycles. The highest BCUT2D eigenvalue weighted by molar-refractivity contribution is 5.84. The summed E-state index contributed by atoms with van der Waals surface area (Å²) in [5.74, 6) is -2.76. The van der Waals surface area contributed by atoms with Gasteiger partial charge in [0.05, 0.1) is 6.61 Å². The fraction of sp³-hybridized carbons (Fsp3) is 0.800. The summed E-state index contributed by atoms with van der Waals surface area (Å²) >= 11 is 0. The molecule has 0 amide bonds. The molecule has 0 bridgehead atoms. The van der Waals surface area contributed by atoms with E-state index in [2.05, 4.69) is 4.74 Å². The third kappa shape index (κ3) is 5.67. The summed E-state index contributed by atoms with van der Waals surface area (Å²) in [5.41, 5.74) is 0. The van der Waals surface area contributed by atoms with Crippen molar-refractivity contribution in [3.63, 3.8) is 0 Å². The number of carbonyl (C=O) groups excluding carboxylic acids is 1. The van der Waals surface area contributed by atoms with Gasteiger partial charge in [0.25, 0.3) is 0 Å². The van der Waals surface area contributed by atoms with Crippen LogP contribution in [0.2, 0.25) is 0 Å². The first-order valence-electron chi connectivity index (χ1n) is 5.26. The quantitative estimate of drug-likeness (QED) is 0.400. The largest absolute Gasteiger partial charge is 0.479 e. The molecule has 3 N–H and O–H groups in total. The molecule has 0 radical (unpaired) electrons. The van der Waals surface area contributed by atoms with E-state index in [0.29, 0.717) is 6.42 Å². The minimum Gasteiger partial charge on any atom is -0.479 e. The molecule has 6 nitrogen and oxygen atoms in total. The highest BCUT2D eigenvalue weighted by Crippen LogP contribution is 2.01. The van der Waals surface area contributed by atoms with E-state index in [1.165, 1.54) is 0 Å². The summed E-state index contributed by atoms with van der Waals surface area (Å²) in [6, 6.07) is 0. The number of hydrogen-bond donors (Lipinski definition) is 3. The Hall–Kier alpha value is -1.14. The maximum absolute atomic E-state index is 11.0. The molecule has 0 aliphatic rings. The average molecular weight is 234 g/mol. The molecular weight excluding hydrogens is 216 g/mol. The lowest BCUT2D eigenvalue weighted by Crippen LogP contribution is -2.40. The van der Waals surface area contributed by atoms with Gasteiger partial charge >= 0.3 is 11.9 Å². The van der Waals surface area contributed by atoms with E-state index in [9.17, 15) is 9.59 Å². The van der Waals surface area contributed by atoms with E-state index in [1.54, 1.807) is 0 Å². The Morgan fingerprint density at radius 3 is 2.25 bits per heavy atom. The zero-order valence-corrected chi connectivity index (χ0v) is 9.26. The van der Waals surface area contributed by atoms with Gasteiger partial charge < -0.3 is 20.1 Å². The fourth-order valence-corrected chi connectivity index (χ4v) is 1.05. The van der Waals surface area contributed by atoms with Gasteiger partial charge in [0.2, 0.25) is 0 Å². The van der Waals surface area contributed by atoms with Crippen LogP contribution < -0.4 is 0 Å². The molecule has 0 heterocycles. The molecule has 0 aromatic rings. The van der Waals surface area contributed by atoms with Gasteiger partial charge in [-0.1, -0.05) is 26.2 Å².